The van der Waals surface area contributed by atoms with Gasteiger partial charge in [0.25, 0.3) is 0 Å². The van der Waals surface area contributed by atoms with Crippen LogP contribution in [0.5, 0.6) is 0 Å². The molecule has 0 bridgehead atoms. The number of nitrogens with one attached hydrogen (secondary N) is 1. The standard InChI is InChI=1S/C15H22N4/c1-11-4-6-13(7-5-11)9-14(17-16)10-15-8-12(2)18-19(15)3/h4-8,14,17H,9-10,16H2,1-3H3. The van der Waals surface area contributed by atoms with Crippen molar-refractivity contribution in [2.45, 2.75) is 32.7 Å². The van der Waals surface area contributed by atoms with E-state index in [9.17, 15) is 0 Å². The summed E-state index contributed by atoms with van der Waals surface area (Å²) >= 11 is 0. The lowest BCUT2D eigenvalue weighted by molar-refractivity contribution is 0.505. The smallest absolute Gasteiger partial charge is 0.0596 e. The van der Waals surface area contributed by atoms with Crippen molar-refractivity contribution in [3.8, 4) is 0 Å². The number of hydrazine groups is 1. The molecule has 1 unspecified atom stereocenters. The molecule has 4 nitrogen and oxygen atoms in total. The molecule has 0 aliphatic rings. The molecular weight excluding hydrogens is 236 g/mol. The molecule has 0 amide bonds. The van der Waals surface area contributed by atoms with E-state index < -0.39 is 0 Å². The second kappa shape index (κ2) is 5.99. The molecule has 1 heterocycles. The van der Waals surface area contributed by atoms with Gasteiger partial charge < -0.3 is 0 Å². The van der Waals surface area contributed by atoms with Gasteiger partial charge in [0, 0.05) is 25.2 Å². The molecule has 0 saturated carbocycles. The summed E-state index contributed by atoms with van der Waals surface area (Å²) in [6, 6.07) is 10.9. The van der Waals surface area contributed by atoms with Crippen molar-refractivity contribution in [2.75, 3.05) is 0 Å². The maximum atomic E-state index is 5.68. The van der Waals surface area contributed by atoms with Crippen LogP contribution in [-0.2, 0) is 19.9 Å². The van der Waals surface area contributed by atoms with Crippen LogP contribution < -0.4 is 11.3 Å². The van der Waals surface area contributed by atoms with Gasteiger partial charge in [-0.05, 0) is 31.9 Å². The summed E-state index contributed by atoms with van der Waals surface area (Å²) in [5.41, 5.74) is 7.73. The SMILES string of the molecule is Cc1ccc(CC(Cc2cc(C)nn2C)NN)cc1. The van der Waals surface area contributed by atoms with Crippen LogP contribution in [0.1, 0.15) is 22.5 Å². The number of nitrogens with two attached hydrogens (primary N) is 1. The minimum atomic E-state index is 0.220. The Bertz CT molecular complexity index is 528. The molecule has 102 valence electrons. The number of benzene rings is 1. The van der Waals surface area contributed by atoms with Crippen LogP contribution in [0, 0.1) is 13.8 Å². The summed E-state index contributed by atoms with van der Waals surface area (Å²) in [4.78, 5) is 0. The lowest BCUT2D eigenvalue weighted by atomic mass is 10.0. The predicted octanol–water partition coefficient (Wildman–Crippen LogP) is 1.65. The molecular formula is C15H22N4. The first-order valence-electron chi connectivity index (χ1n) is 6.59. The Morgan fingerprint density at radius 3 is 2.42 bits per heavy atom. The van der Waals surface area contributed by atoms with Crippen LogP contribution >= 0.6 is 0 Å². The Morgan fingerprint density at radius 2 is 1.89 bits per heavy atom. The van der Waals surface area contributed by atoms with Gasteiger partial charge in [0.1, 0.15) is 0 Å². The van der Waals surface area contributed by atoms with Crippen molar-refractivity contribution in [1.82, 2.24) is 15.2 Å². The number of hydrogen-bond acceptors (Lipinski definition) is 3. The van der Waals surface area contributed by atoms with E-state index in [1.165, 1.54) is 16.8 Å². The third kappa shape index (κ3) is 3.66. The van der Waals surface area contributed by atoms with E-state index in [4.69, 9.17) is 5.84 Å². The van der Waals surface area contributed by atoms with Gasteiger partial charge in [-0.1, -0.05) is 29.8 Å². The van der Waals surface area contributed by atoms with Gasteiger partial charge >= 0.3 is 0 Å². The van der Waals surface area contributed by atoms with Crippen LogP contribution in [0.15, 0.2) is 30.3 Å². The average Bonchev–Trinajstić information content (AvgIpc) is 2.69. The van der Waals surface area contributed by atoms with Gasteiger partial charge in [-0.3, -0.25) is 16.0 Å². The fourth-order valence-electron chi connectivity index (χ4n) is 2.31. The molecule has 0 fully saturated rings. The highest BCUT2D eigenvalue weighted by Crippen LogP contribution is 2.10. The first-order chi connectivity index (χ1) is 9.08. The molecule has 2 rings (SSSR count). The highest BCUT2D eigenvalue weighted by molar-refractivity contribution is 5.22. The van der Waals surface area contributed by atoms with Crippen molar-refractivity contribution >= 4 is 0 Å². The molecule has 19 heavy (non-hydrogen) atoms. The van der Waals surface area contributed by atoms with Crippen LogP contribution in [0.25, 0.3) is 0 Å². The van der Waals surface area contributed by atoms with E-state index in [1.807, 2.05) is 18.7 Å². The Labute approximate surface area is 114 Å². The molecule has 1 aromatic heterocycles. The predicted molar refractivity (Wildman–Crippen MR) is 77.6 cm³/mol. The highest BCUT2D eigenvalue weighted by Gasteiger charge is 2.12. The average molecular weight is 258 g/mol. The zero-order valence-corrected chi connectivity index (χ0v) is 11.9. The molecule has 0 spiro atoms. The number of aromatic nitrogens is 2. The monoisotopic (exact) mass is 258 g/mol. The first kappa shape index (κ1) is 13.8. The second-order valence-electron chi connectivity index (χ2n) is 5.16. The lowest BCUT2D eigenvalue weighted by Crippen LogP contribution is -2.38. The molecule has 0 radical (unpaired) electrons. The van der Waals surface area contributed by atoms with Crippen molar-refractivity contribution in [3.05, 3.63) is 52.8 Å². The zero-order chi connectivity index (χ0) is 13.8. The van der Waals surface area contributed by atoms with Crippen LogP contribution in [0.4, 0.5) is 0 Å². The Balaban J connectivity index is 2.04. The molecule has 0 aliphatic heterocycles. The Morgan fingerprint density at radius 1 is 1.21 bits per heavy atom. The third-order valence-corrected chi connectivity index (χ3v) is 3.39. The number of aryl methyl sites for hydroxylation is 3. The van der Waals surface area contributed by atoms with E-state index in [2.05, 4.69) is 47.8 Å². The summed E-state index contributed by atoms with van der Waals surface area (Å²) < 4.78 is 1.93. The second-order valence-corrected chi connectivity index (χ2v) is 5.16. The van der Waals surface area contributed by atoms with Crippen LogP contribution in [0.2, 0.25) is 0 Å². The van der Waals surface area contributed by atoms with Crippen LogP contribution in [0.3, 0.4) is 0 Å². The normalized spacial score (nSPS) is 12.6. The summed E-state index contributed by atoms with van der Waals surface area (Å²) in [5, 5.41) is 4.37. The van der Waals surface area contributed by atoms with Crippen molar-refractivity contribution in [2.24, 2.45) is 12.9 Å². The van der Waals surface area contributed by atoms with E-state index in [1.54, 1.807) is 0 Å². The summed E-state index contributed by atoms with van der Waals surface area (Å²) in [6.45, 7) is 4.11. The first-order valence-corrected chi connectivity index (χ1v) is 6.59. The molecule has 2 aromatic rings. The molecule has 4 heteroatoms. The van der Waals surface area contributed by atoms with E-state index in [0.29, 0.717) is 0 Å². The van der Waals surface area contributed by atoms with Gasteiger partial charge in [0.15, 0.2) is 0 Å². The minimum Gasteiger partial charge on any atom is -0.272 e. The van der Waals surface area contributed by atoms with Crippen LogP contribution in [-0.4, -0.2) is 15.8 Å². The third-order valence-electron chi connectivity index (χ3n) is 3.39. The summed E-state index contributed by atoms with van der Waals surface area (Å²) in [6.07, 6.45) is 1.79. The van der Waals surface area contributed by atoms with Gasteiger partial charge in [-0.15, -0.1) is 0 Å². The molecule has 3 N–H and O–H groups in total. The van der Waals surface area contributed by atoms with E-state index >= 15 is 0 Å². The van der Waals surface area contributed by atoms with E-state index in [0.717, 1.165) is 18.5 Å². The minimum absolute atomic E-state index is 0.220. The van der Waals surface area contributed by atoms with Gasteiger partial charge in [-0.2, -0.15) is 5.10 Å². The highest BCUT2D eigenvalue weighted by atomic mass is 15.3. The summed E-state index contributed by atoms with van der Waals surface area (Å²) in [7, 11) is 1.97. The molecule has 1 aromatic carbocycles. The fraction of sp³-hybridized carbons (Fsp3) is 0.400. The lowest BCUT2D eigenvalue weighted by Gasteiger charge is -2.16. The van der Waals surface area contributed by atoms with Gasteiger partial charge in [0.2, 0.25) is 0 Å². The molecule has 1 atom stereocenters. The van der Waals surface area contributed by atoms with E-state index in [-0.39, 0.29) is 6.04 Å². The fourth-order valence-corrected chi connectivity index (χ4v) is 2.31. The molecule has 0 aliphatic carbocycles. The zero-order valence-electron chi connectivity index (χ0n) is 11.9. The maximum absolute atomic E-state index is 5.68. The van der Waals surface area contributed by atoms with Gasteiger partial charge in [0.05, 0.1) is 5.69 Å². The van der Waals surface area contributed by atoms with Crippen molar-refractivity contribution in [3.63, 3.8) is 0 Å². The Hall–Kier alpha value is -1.65. The molecule has 0 saturated heterocycles. The number of rotatable bonds is 5. The largest absolute Gasteiger partial charge is 0.272 e. The summed E-state index contributed by atoms with van der Waals surface area (Å²) in [5.74, 6) is 5.68. The number of nitrogens with zero attached hydrogens (tertiary/aromatic N) is 2. The quantitative estimate of drug-likeness (QED) is 0.633. The topological polar surface area (TPSA) is 55.9 Å². The van der Waals surface area contributed by atoms with Crippen molar-refractivity contribution in [1.29, 1.82) is 0 Å². The van der Waals surface area contributed by atoms with Crippen molar-refractivity contribution < 1.29 is 0 Å². The maximum Gasteiger partial charge on any atom is 0.0596 e. The Kier molecular flexibility index (Phi) is 4.35. The number of hydrogen-bond donors (Lipinski definition) is 2. The van der Waals surface area contributed by atoms with Gasteiger partial charge in [-0.25, -0.2) is 0 Å².